The highest BCUT2D eigenvalue weighted by atomic mass is 79.9. The third-order valence-electron chi connectivity index (χ3n) is 1.75. The van der Waals surface area contributed by atoms with Crippen LogP contribution in [0, 0.1) is 0 Å². The molecule has 0 amide bonds. The van der Waals surface area contributed by atoms with Crippen LogP contribution in [0.4, 0.5) is 13.2 Å². The van der Waals surface area contributed by atoms with Gasteiger partial charge in [0.05, 0.1) is 5.56 Å². The maximum absolute atomic E-state index is 12.5. The highest BCUT2D eigenvalue weighted by Crippen LogP contribution is 2.37. The molecular weight excluding hydrogens is 341 g/mol. The molecule has 0 fully saturated rings. The molecule has 0 aliphatic rings. The van der Waals surface area contributed by atoms with Gasteiger partial charge in [-0.1, -0.05) is 0 Å². The zero-order valence-corrected chi connectivity index (χ0v) is 10.6. The average Bonchev–Trinajstić information content (AvgIpc) is 2.06. The van der Waals surface area contributed by atoms with E-state index in [-0.39, 0.29) is 10.0 Å². The summed E-state index contributed by atoms with van der Waals surface area (Å²) in [7, 11) is 0. The standard InChI is InChI=1S/C9H5Br2F3O/c1-4(15)5-2-7(10)8(11)3-6(5)9(12,13)14/h2-3H,1H3. The van der Waals surface area contributed by atoms with Crippen molar-refractivity contribution in [3.63, 3.8) is 0 Å². The lowest BCUT2D eigenvalue weighted by Gasteiger charge is -2.12. The number of Topliss-reactive ketones (excluding diaryl/α,β-unsaturated/α-hetero) is 1. The van der Waals surface area contributed by atoms with Gasteiger partial charge in [0, 0.05) is 14.5 Å². The number of hydrogen-bond donors (Lipinski definition) is 0. The van der Waals surface area contributed by atoms with Crippen molar-refractivity contribution >= 4 is 37.6 Å². The Bertz CT molecular complexity index is 413. The van der Waals surface area contributed by atoms with Gasteiger partial charge in [0.2, 0.25) is 0 Å². The van der Waals surface area contributed by atoms with Gasteiger partial charge in [-0.15, -0.1) is 0 Å². The molecule has 0 bridgehead atoms. The predicted molar refractivity (Wildman–Crippen MR) is 56.8 cm³/mol. The van der Waals surface area contributed by atoms with Gasteiger partial charge in [0.15, 0.2) is 5.78 Å². The number of halogens is 5. The van der Waals surface area contributed by atoms with Crippen molar-refractivity contribution in [3.05, 3.63) is 32.2 Å². The van der Waals surface area contributed by atoms with Crippen molar-refractivity contribution < 1.29 is 18.0 Å². The van der Waals surface area contributed by atoms with E-state index in [9.17, 15) is 18.0 Å². The summed E-state index contributed by atoms with van der Waals surface area (Å²) in [5, 5.41) is 0. The molecule has 1 nitrogen and oxygen atoms in total. The first-order valence-electron chi connectivity index (χ1n) is 3.80. The molecule has 0 heterocycles. The Morgan fingerprint density at radius 1 is 1.20 bits per heavy atom. The highest BCUT2D eigenvalue weighted by Gasteiger charge is 2.35. The minimum Gasteiger partial charge on any atom is -0.294 e. The van der Waals surface area contributed by atoms with Gasteiger partial charge >= 0.3 is 6.18 Å². The molecule has 1 aromatic carbocycles. The predicted octanol–water partition coefficient (Wildman–Crippen LogP) is 4.43. The quantitative estimate of drug-likeness (QED) is 0.688. The lowest BCUT2D eigenvalue weighted by molar-refractivity contribution is -0.137. The number of carbonyl (C=O) groups excluding carboxylic acids is 1. The topological polar surface area (TPSA) is 17.1 Å². The van der Waals surface area contributed by atoms with Gasteiger partial charge in [0.25, 0.3) is 0 Å². The Morgan fingerprint density at radius 3 is 2.07 bits per heavy atom. The number of hydrogen-bond acceptors (Lipinski definition) is 1. The number of benzene rings is 1. The smallest absolute Gasteiger partial charge is 0.294 e. The van der Waals surface area contributed by atoms with E-state index < -0.39 is 17.5 Å². The van der Waals surface area contributed by atoms with Crippen LogP contribution in [-0.2, 0) is 6.18 Å². The van der Waals surface area contributed by atoms with Crippen LogP contribution < -0.4 is 0 Å². The second-order valence-corrected chi connectivity index (χ2v) is 4.57. The summed E-state index contributed by atoms with van der Waals surface area (Å²) in [5.41, 5.74) is -1.26. The van der Waals surface area contributed by atoms with Crippen LogP contribution in [0.25, 0.3) is 0 Å². The molecule has 1 rings (SSSR count). The summed E-state index contributed by atoms with van der Waals surface area (Å²) >= 11 is 6.01. The van der Waals surface area contributed by atoms with Crippen LogP contribution in [0.1, 0.15) is 22.8 Å². The van der Waals surface area contributed by atoms with Crippen molar-refractivity contribution in [1.82, 2.24) is 0 Å². The largest absolute Gasteiger partial charge is 0.417 e. The molecular formula is C9H5Br2F3O. The maximum atomic E-state index is 12.5. The normalized spacial score (nSPS) is 11.6. The molecule has 0 atom stereocenters. The Hall–Kier alpha value is -0.360. The first-order valence-corrected chi connectivity index (χ1v) is 5.39. The van der Waals surface area contributed by atoms with E-state index >= 15 is 0 Å². The molecule has 0 N–H and O–H groups in total. The van der Waals surface area contributed by atoms with Crippen molar-refractivity contribution in [2.45, 2.75) is 13.1 Å². The van der Waals surface area contributed by atoms with Crippen molar-refractivity contribution in [1.29, 1.82) is 0 Å². The molecule has 15 heavy (non-hydrogen) atoms. The van der Waals surface area contributed by atoms with E-state index in [4.69, 9.17) is 0 Å². The van der Waals surface area contributed by atoms with E-state index in [1.165, 1.54) is 0 Å². The Balaban J connectivity index is 3.49. The van der Waals surface area contributed by atoms with Gasteiger partial charge in [-0.3, -0.25) is 4.79 Å². The zero-order chi connectivity index (χ0) is 11.8. The van der Waals surface area contributed by atoms with E-state index in [1.54, 1.807) is 0 Å². The van der Waals surface area contributed by atoms with Gasteiger partial charge < -0.3 is 0 Å². The SMILES string of the molecule is CC(=O)c1cc(Br)c(Br)cc1C(F)(F)F. The van der Waals surface area contributed by atoms with Crippen LogP contribution in [0.5, 0.6) is 0 Å². The summed E-state index contributed by atoms with van der Waals surface area (Å²) < 4.78 is 38.3. The molecule has 0 saturated carbocycles. The number of alkyl halides is 3. The van der Waals surface area contributed by atoms with Crippen LogP contribution in [0.2, 0.25) is 0 Å². The van der Waals surface area contributed by atoms with E-state index in [1.807, 2.05) is 0 Å². The monoisotopic (exact) mass is 344 g/mol. The van der Waals surface area contributed by atoms with Crippen LogP contribution >= 0.6 is 31.9 Å². The summed E-state index contributed by atoms with van der Waals surface area (Å²) in [4.78, 5) is 11.0. The minimum atomic E-state index is -4.52. The lowest BCUT2D eigenvalue weighted by Crippen LogP contribution is -2.11. The van der Waals surface area contributed by atoms with E-state index in [2.05, 4.69) is 31.9 Å². The molecule has 0 aliphatic heterocycles. The third kappa shape index (κ3) is 2.81. The van der Waals surface area contributed by atoms with Gasteiger partial charge in [-0.2, -0.15) is 13.2 Å². The van der Waals surface area contributed by atoms with Gasteiger partial charge in [-0.05, 0) is 50.9 Å². The van der Waals surface area contributed by atoms with Crippen molar-refractivity contribution in [3.8, 4) is 0 Å². The molecule has 82 valence electrons. The van der Waals surface area contributed by atoms with Crippen molar-refractivity contribution in [2.75, 3.05) is 0 Å². The molecule has 0 aromatic heterocycles. The minimum absolute atomic E-state index is 0.264. The maximum Gasteiger partial charge on any atom is 0.417 e. The fourth-order valence-corrected chi connectivity index (χ4v) is 1.76. The molecule has 0 saturated heterocycles. The van der Waals surface area contributed by atoms with Crippen LogP contribution in [-0.4, -0.2) is 5.78 Å². The fraction of sp³-hybridized carbons (Fsp3) is 0.222. The first-order chi connectivity index (χ1) is 6.73. The van der Waals surface area contributed by atoms with Crippen LogP contribution in [0.3, 0.4) is 0 Å². The molecule has 0 spiro atoms. The average molecular weight is 346 g/mol. The van der Waals surface area contributed by atoms with Gasteiger partial charge in [0.1, 0.15) is 0 Å². The number of carbonyl (C=O) groups is 1. The fourth-order valence-electron chi connectivity index (χ4n) is 1.07. The second kappa shape index (κ2) is 4.25. The summed E-state index contributed by atoms with van der Waals surface area (Å²) in [6, 6.07) is 2.05. The lowest BCUT2D eigenvalue weighted by atomic mass is 10.0. The summed E-state index contributed by atoms with van der Waals surface area (Å²) in [6.45, 7) is 1.10. The Morgan fingerprint density at radius 2 is 1.67 bits per heavy atom. The number of rotatable bonds is 1. The summed E-state index contributed by atoms with van der Waals surface area (Å²) in [6.07, 6.45) is -4.52. The Kier molecular flexibility index (Phi) is 3.60. The summed E-state index contributed by atoms with van der Waals surface area (Å²) in [5.74, 6) is -0.615. The molecule has 6 heteroatoms. The molecule has 0 unspecified atom stereocenters. The number of ketones is 1. The zero-order valence-electron chi connectivity index (χ0n) is 7.45. The molecule has 1 aromatic rings. The highest BCUT2D eigenvalue weighted by molar-refractivity contribution is 9.13. The van der Waals surface area contributed by atoms with Crippen molar-refractivity contribution in [2.24, 2.45) is 0 Å². The molecule has 0 radical (unpaired) electrons. The second-order valence-electron chi connectivity index (χ2n) is 2.87. The van der Waals surface area contributed by atoms with E-state index in [0.717, 1.165) is 19.1 Å². The first kappa shape index (κ1) is 12.7. The van der Waals surface area contributed by atoms with Crippen LogP contribution in [0.15, 0.2) is 21.1 Å². The molecule has 0 aliphatic carbocycles. The third-order valence-corrected chi connectivity index (χ3v) is 3.59. The Labute approximate surface area is 101 Å². The van der Waals surface area contributed by atoms with E-state index in [0.29, 0.717) is 4.47 Å². The van der Waals surface area contributed by atoms with Gasteiger partial charge in [-0.25, -0.2) is 0 Å².